The Morgan fingerprint density at radius 3 is 2.43 bits per heavy atom. The molecule has 0 aromatic carbocycles. The van der Waals surface area contributed by atoms with Gasteiger partial charge in [-0.05, 0) is 13.3 Å². The van der Waals surface area contributed by atoms with Crippen molar-refractivity contribution in [1.82, 2.24) is 16.0 Å². The van der Waals surface area contributed by atoms with Gasteiger partial charge in [0.15, 0.2) is 0 Å². The van der Waals surface area contributed by atoms with Crippen LogP contribution in [0.3, 0.4) is 0 Å². The summed E-state index contributed by atoms with van der Waals surface area (Å²) >= 11 is 3.20. The number of hydrogen-bond donors (Lipinski definition) is 3. The summed E-state index contributed by atoms with van der Waals surface area (Å²) in [6.45, 7) is 4.01. The summed E-state index contributed by atoms with van der Waals surface area (Å²) in [6, 6.07) is 0.800. The van der Waals surface area contributed by atoms with E-state index >= 15 is 0 Å². The van der Waals surface area contributed by atoms with Crippen molar-refractivity contribution in [2.75, 3.05) is 11.9 Å². The van der Waals surface area contributed by atoms with Crippen molar-refractivity contribution in [2.24, 2.45) is 0 Å². The fraction of sp³-hybridized carbons (Fsp3) is 0.538. The maximum atomic E-state index is 11.8. The smallest absolute Gasteiger partial charge is 0.328 e. The molecule has 4 amide bonds. The van der Waals surface area contributed by atoms with E-state index in [1.807, 2.05) is 17.6 Å². The Kier molecular flexibility index (Phi) is 9.88. The quantitative estimate of drug-likeness (QED) is 0.361. The predicted molar refractivity (Wildman–Crippen MR) is 81.3 cm³/mol. The van der Waals surface area contributed by atoms with Crippen LogP contribution in [0.1, 0.15) is 33.1 Å². The van der Waals surface area contributed by atoms with E-state index in [0.717, 1.165) is 6.42 Å². The average molecular weight is 359 g/mol. The van der Waals surface area contributed by atoms with Crippen LogP contribution in [0.4, 0.5) is 4.79 Å². The van der Waals surface area contributed by atoms with E-state index in [0.29, 0.717) is 24.0 Å². The number of hydrogen-bond acceptors (Lipinski definition) is 5. The first kappa shape index (κ1) is 19.1. The third-order valence-electron chi connectivity index (χ3n) is 2.44. The van der Waals surface area contributed by atoms with E-state index in [2.05, 4.69) is 21.2 Å². The lowest BCUT2D eigenvalue weighted by Crippen LogP contribution is -2.43. The molecule has 21 heavy (non-hydrogen) atoms. The second-order valence-electron chi connectivity index (χ2n) is 4.16. The van der Waals surface area contributed by atoms with Gasteiger partial charge in [-0.1, -0.05) is 29.3 Å². The van der Waals surface area contributed by atoms with Crippen LogP contribution in [-0.2, 0) is 9.59 Å². The van der Waals surface area contributed by atoms with Gasteiger partial charge in [-0.2, -0.15) is 5.26 Å². The van der Waals surface area contributed by atoms with Crippen molar-refractivity contribution in [1.29, 1.82) is 5.26 Å². The Morgan fingerprint density at radius 1 is 1.24 bits per heavy atom. The molecular formula is C13H19BrN4O3. The molecule has 0 unspecified atom stereocenters. The van der Waals surface area contributed by atoms with Gasteiger partial charge in [-0.25, -0.2) is 4.79 Å². The van der Waals surface area contributed by atoms with E-state index in [1.165, 1.54) is 0 Å². The average Bonchev–Trinajstić information content (AvgIpc) is 2.43. The molecule has 0 aliphatic rings. The lowest BCUT2D eigenvalue weighted by Gasteiger charge is -2.08. The van der Waals surface area contributed by atoms with Crippen LogP contribution in [0.15, 0.2) is 11.3 Å². The third kappa shape index (κ3) is 8.09. The first-order chi connectivity index (χ1) is 9.96. The third-order valence-corrected chi connectivity index (χ3v) is 2.83. The second-order valence-corrected chi connectivity index (χ2v) is 4.96. The molecule has 116 valence electrons. The number of allylic oxidation sites excluding steroid dienone is 1. The summed E-state index contributed by atoms with van der Waals surface area (Å²) in [5, 5.41) is 16.5. The zero-order chi connectivity index (χ0) is 16.3. The Hall–Kier alpha value is -1.88. The predicted octanol–water partition coefficient (Wildman–Crippen LogP) is 1.31. The molecule has 0 atom stereocenters. The Balaban J connectivity index is 4.54. The molecule has 0 radical (unpaired) electrons. The molecule has 0 saturated carbocycles. The first-order valence-electron chi connectivity index (χ1n) is 6.52. The number of nitriles is 1. The molecule has 7 nitrogen and oxygen atoms in total. The van der Waals surface area contributed by atoms with E-state index in [4.69, 9.17) is 5.26 Å². The monoisotopic (exact) mass is 358 g/mol. The molecule has 3 N–H and O–H groups in total. The largest absolute Gasteiger partial charge is 0.387 e. The van der Waals surface area contributed by atoms with E-state index in [-0.39, 0.29) is 12.0 Å². The van der Waals surface area contributed by atoms with Crippen LogP contribution < -0.4 is 16.0 Å². The number of imide groups is 2. The van der Waals surface area contributed by atoms with Gasteiger partial charge < -0.3 is 5.32 Å². The number of carbonyl (C=O) groups is 3. The minimum atomic E-state index is -0.929. The molecular weight excluding hydrogens is 340 g/mol. The summed E-state index contributed by atoms with van der Waals surface area (Å²) in [6.07, 6.45) is 1.70. The highest BCUT2D eigenvalue weighted by molar-refractivity contribution is 9.09. The molecule has 0 spiro atoms. The molecule has 0 rings (SSSR count). The molecule has 0 heterocycles. The van der Waals surface area contributed by atoms with Gasteiger partial charge in [-0.3, -0.25) is 20.2 Å². The maximum Gasteiger partial charge on any atom is 0.328 e. The van der Waals surface area contributed by atoms with E-state index in [9.17, 15) is 14.4 Å². The zero-order valence-electron chi connectivity index (χ0n) is 12.1. The van der Waals surface area contributed by atoms with Crippen molar-refractivity contribution >= 4 is 33.8 Å². The van der Waals surface area contributed by atoms with E-state index in [1.54, 1.807) is 13.0 Å². The summed E-state index contributed by atoms with van der Waals surface area (Å²) in [4.78, 5) is 34.6. The van der Waals surface area contributed by atoms with Gasteiger partial charge in [0, 0.05) is 24.0 Å². The minimum absolute atomic E-state index is 0.202. The number of urea groups is 1. The van der Waals surface area contributed by atoms with Gasteiger partial charge in [-0.15, -0.1) is 0 Å². The first-order valence-corrected chi connectivity index (χ1v) is 7.64. The van der Waals surface area contributed by atoms with Crippen LogP contribution in [0.2, 0.25) is 0 Å². The standard InChI is InChI=1S/C13H19BrN4O3/c1-3-4-5-11(19)17-13(21)18-12(20)10(8-15)9(2)16-7-6-14/h16H,3-7H2,1-2H3,(H2,17,18,19,20,21)/b10-9+. The molecule has 0 aliphatic carbocycles. The van der Waals surface area contributed by atoms with E-state index < -0.39 is 17.8 Å². The van der Waals surface area contributed by atoms with Crippen LogP contribution in [-0.4, -0.2) is 29.7 Å². The number of halogens is 1. The fourth-order valence-corrected chi connectivity index (χ4v) is 1.55. The second kappa shape index (κ2) is 10.9. The molecule has 0 aliphatic heterocycles. The summed E-state index contributed by atoms with van der Waals surface area (Å²) in [7, 11) is 0. The van der Waals surface area contributed by atoms with Crippen LogP contribution in [0.5, 0.6) is 0 Å². The Morgan fingerprint density at radius 2 is 1.90 bits per heavy atom. The van der Waals surface area contributed by atoms with Crippen molar-refractivity contribution in [3.63, 3.8) is 0 Å². The molecule has 0 fully saturated rings. The lowest BCUT2D eigenvalue weighted by atomic mass is 10.2. The normalized spacial score (nSPS) is 11.0. The highest BCUT2D eigenvalue weighted by atomic mass is 79.9. The Bertz CT molecular complexity index is 469. The minimum Gasteiger partial charge on any atom is -0.387 e. The van der Waals surface area contributed by atoms with Crippen molar-refractivity contribution < 1.29 is 14.4 Å². The fourth-order valence-electron chi connectivity index (χ4n) is 1.35. The van der Waals surface area contributed by atoms with Crippen molar-refractivity contribution in [3.8, 4) is 6.07 Å². The number of alkyl halides is 1. The summed E-state index contributed by atoms with van der Waals surface area (Å²) in [5.41, 5.74) is 0.159. The number of amides is 4. The van der Waals surface area contributed by atoms with Gasteiger partial charge >= 0.3 is 6.03 Å². The zero-order valence-corrected chi connectivity index (χ0v) is 13.7. The van der Waals surface area contributed by atoms with Crippen LogP contribution in [0.25, 0.3) is 0 Å². The van der Waals surface area contributed by atoms with Gasteiger partial charge in [0.05, 0.1) is 0 Å². The van der Waals surface area contributed by atoms with Gasteiger partial charge in [0.2, 0.25) is 5.91 Å². The van der Waals surface area contributed by atoms with Gasteiger partial charge in [0.1, 0.15) is 11.6 Å². The SMILES string of the molecule is CCCCC(=O)NC(=O)NC(=O)/C(C#N)=C(\C)NCCBr. The number of carbonyl (C=O) groups excluding carboxylic acids is 3. The van der Waals surface area contributed by atoms with Crippen LogP contribution in [0, 0.1) is 11.3 Å². The Labute approximate surface area is 132 Å². The summed E-state index contributed by atoms with van der Waals surface area (Å²) in [5.74, 6) is -1.31. The number of nitrogens with zero attached hydrogens (tertiary/aromatic N) is 1. The van der Waals surface area contributed by atoms with Crippen molar-refractivity contribution in [2.45, 2.75) is 33.1 Å². The molecule has 0 saturated heterocycles. The van der Waals surface area contributed by atoms with Crippen LogP contribution >= 0.6 is 15.9 Å². The summed E-state index contributed by atoms with van der Waals surface area (Å²) < 4.78 is 0. The number of nitrogens with one attached hydrogen (secondary N) is 3. The molecule has 0 aromatic rings. The number of rotatable bonds is 7. The maximum absolute atomic E-state index is 11.8. The molecule has 0 bridgehead atoms. The van der Waals surface area contributed by atoms with Crippen molar-refractivity contribution in [3.05, 3.63) is 11.3 Å². The highest BCUT2D eigenvalue weighted by Gasteiger charge is 2.17. The highest BCUT2D eigenvalue weighted by Crippen LogP contribution is 2.00. The van der Waals surface area contributed by atoms with Gasteiger partial charge in [0.25, 0.3) is 5.91 Å². The number of unbranched alkanes of at least 4 members (excludes halogenated alkanes) is 1. The molecule has 0 aromatic heterocycles. The topological polar surface area (TPSA) is 111 Å². The lowest BCUT2D eigenvalue weighted by molar-refractivity contribution is -0.120. The molecule has 8 heteroatoms.